The van der Waals surface area contributed by atoms with E-state index in [0.717, 1.165) is 25.2 Å². The van der Waals surface area contributed by atoms with E-state index in [1.807, 2.05) is 0 Å². The number of pyridine rings is 1. The van der Waals surface area contributed by atoms with E-state index in [1.54, 1.807) is 6.07 Å². The monoisotopic (exact) mass is 295 g/mol. The summed E-state index contributed by atoms with van der Waals surface area (Å²) < 4.78 is 12.9. The topological polar surface area (TPSA) is 42.1 Å². The molecule has 1 rings (SSSR count). The highest BCUT2D eigenvalue weighted by Crippen LogP contribution is 2.20. The van der Waals surface area contributed by atoms with Crippen LogP contribution >= 0.6 is 0 Å². The third-order valence-electron chi connectivity index (χ3n) is 4.24. The molecule has 0 spiro atoms. The van der Waals surface area contributed by atoms with Crippen molar-refractivity contribution in [2.75, 3.05) is 13.1 Å². The Labute approximate surface area is 128 Å². The minimum atomic E-state index is -0.317. The molecule has 3 nitrogen and oxygen atoms in total. The van der Waals surface area contributed by atoms with Crippen molar-refractivity contribution in [3.63, 3.8) is 0 Å². The summed E-state index contributed by atoms with van der Waals surface area (Å²) in [5.41, 5.74) is 7.06. The van der Waals surface area contributed by atoms with E-state index >= 15 is 0 Å². The molecule has 1 aromatic heterocycles. The van der Waals surface area contributed by atoms with Crippen LogP contribution in [0.25, 0.3) is 0 Å². The SMILES string of the molecule is CCCCN(CC(C)C(N)c1ccc(F)cn1)C(C)CC. The van der Waals surface area contributed by atoms with Gasteiger partial charge in [0.15, 0.2) is 0 Å². The molecule has 21 heavy (non-hydrogen) atoms. The Hall–Kier alpha value is -1.00. The van der Waals surface area contributed by atoms with Crippen LogP contribution in [0.5, 0.6) is 0 Å². The minimum absolute atomic E-state index is 0.154. The Balaban J connectivity index is 2.66. The molecule has 2 N–H and O–H groups in total. The fourth-order valence-corrected chi connectivity index (χ4v) is 2.47. The number of halogens is 1. The molecule has 0 saturated heterocycles. The lowest BCUT2D eigenvalue weighted by molar-refractivity contribution is 0.164. The van der Waals surface area contributed by atoms with Gasteiger partial charge in [-0.05, 0) is 44.4 Å². The van der Waals surface area contributed by atoms with Crippen LogP contribution in [0, 0.1) is 11.7 Å². The van der Waals surface area contributed by atoms with Crippen molar-refractivity contribution in [2.24, 2.45) is 11.7 Å². The summed E-state index contributed by atoms with van der Waals surface area (Å²) in [7, 11) is 0. The molecule has 3 unspecified atom stereocenters. The van der Waals surface area contributed by atoms with Gasteiger partial charge in [0, 0.05) is 12.6 Å². The average Bonchev–Trinajstić information content (AvgIpc) is 2.50. The van der Waals surface area contributed by atoms with E-state index in [2.05, 4.69) is 37.6 Å². The first-order valence-corrected chi connectivity index (χ1v) is 8.10. The summed E-state index contributed by atoms with van der Waals surface area (Å²) in [6.07, 6.45) is 4.79. The Kier molecular flexibility index (Phi) is 7.83. The summed E-state index contributed by atoms with van der Waals surface area (Å²) in [6, 6.07) is 3.53. The van der Waals surface area contributed by atoms with E-state index in [1.165, 1.54) is 25.1 Å². The molecule has 0 aromatic carbocycles. The zero-order chi connectivity index (χ0) is 15.8. The number of nitrogens with zero attached hydrogens (tertiary/aromatic N) is 2. The van der Waals surface area contributed by atoms with Crippen molar-refractivity contribution in [3.8, 4) is 0 Å². The molecule has 0 radical (unpaired) electrons. The lowest BCUT2D eigenvalue weighted by Gasteiger charge is -2.32. The molecule has 1 heterocycles. The lowest BCUT2D eigenvalue weighted by atomic mass is 9.97. The summed E-state index contributed by atoms with van der Waals surface area (Å²) >= 11 is 0. The average molecular weight is 295 g/mol. The highest BCUT2D eigenvalue weighted by atomic mass is 19.1. The van der Waals surface area contributed by atoms with Crippen molar-refractivity contribution >= 4 is 0 Å². The van der Waals surface area contributed by atoms with Crippen molar-refractivity contribution in [1.29, 1.82) is 0 Å². The van der Waals surface area contributed by atoms with Gasteiger partial charge >= 0.3 is 0 Å². The van der Waals surface area contributed by atoms with Gasteiger partial charge in [-0.2, -0.15) is 0 Å². The molecule has 4 heteroatoms. The largest absolute Gasteiger partial charge is 0.322 e. The second-order valence-corrected chi connectivity index (χ2v) is 6.01. The van der Waals surface area contributed by atoms with Gasteiger partial charge in [0.05, 0.1) is 17.9 Å². The zero-order valence-electron chi connectivity index (χ0n) is 13.8. The van der Waals surface area contributed by atoms with Crippen LogP contribution in [-0.4, -0.2) is 29.0 Å². The number of hydrogen-bond donors (Lipinski definition) is 1. The van der Waals surface area contributed by atoms with Crippen LogP contribution in [0.3, 0.4) is 0 Å². The zero-order valence-corrected chi connectivity index (χ0v) is 13.8. The molecule has 0 aliphatic carbocycles. The van der Waals surface area contributed by atoms with Crippen LogP contribution in [0.2, 0.25) is 0 Å². The Morgan fingerprint density at radius 3 is 2.52 bits per heavy atom. The fourth-order valence-electron chi connectivity index (χ4n) is 2.47. The van der Waals surface area contributed by atoms with Crippen LogP contribution in [-0.2, 0) is 0 Å². The second-order valence-electron chi connectivity index (χ2n) is 6.01. The highest BCUT2D eigenvalue weighted by molar-refractivity contribution is 5.10. The Bertz CT molecular complexity index is 394. The maximum absolute atomic E-state index is 12.9. The molecule has 0 aliphatic heterocycles. The Morgan fingerprint density at radius 2 is 2.00 bits per heavy atom. The molecule has 0 bridgehead atoms. The quantitative estimate of drug-likeness (QED) is 0.754. The normalized spacial score (nSPS) is 16.0. The Morgan fingerprint density at radius 1 is 1.29 bits per heavy atom. The first-order chi connectivity index (χ1) is 9.99. The van der Waals surface area contributed by atoms with E-state index in [0.29, 0.717) is 6.04 Å². The number of hydrogen-bond acceptors (Lipinski definition) is 3. The molecule has 1 aromatic rings. The second kappa shape index (κ2) is 9.11. The molecule has 120 valence electrons. The standard InChI is InChI=1S/C17H30FN3/c1-5-7-10-21(14(4)6-2)12-13(3)17(19)16-9-8-15(18)11-20-16/h8-9,11,13-14,17H,5-7,10,12,19H2,1-4H3. The molecular formula is C17H30FN3. The molecular weight excluding hydrogens is 265 g/mol. The van der Waals surface area contributed by atoms with Gasteiger partial charge in [0.2, 0.25) is 0 Å². The van der Waals surface area contributed by atoms with E-state index in [4.69, 9.17) is 5.73 Å². The number of aromatic nitrogens is 1. The highest BCUT2D eigenvalue weighted by Gasteiger charge is 2.21. The molecule has 3 atom stereocenters. The molecule has 0 saturated carbocycles. The van der Waals surface area contributed by atoms with Crippen LogP contribution in [0.4, 0.5) is 4.39 Å². The van der Waals surface area contributed by atoms with Crippen LogP contribution in [0.15, 0.2) is 18.3 Å². The third-order valence-corrected chi connectivity index (χ3v) is 4.24. The van der Waals surface area contributed by atoms with Crippen LogP contribution in [0.1, 0.15) is 58.7 Å². The van der Waals surface area contributed by atoms with Gasteiger partial charge in [0.1, 0.15) is 5.82 Å². The molecule has 0 aliphatic rings. The lowest BCUT2D eigenvalue weighted by Crippen LogP contribution is -2.39. The number of rotatable bonds is 9. The maximum atomic E-state index is 12.9. The third kappa shape index (κ3) is 5.71. The molecule has 0 amide bonds. The van der Waals surface area contributed by atoms with E-state index in [-0.39, 0.29) is 17.8 Å². The van der Waals surface area contributed by atoms with Gasteiger partial charge in [0.25, 0.3) is 0 Å². The van der Waals surface area contributed by atoms with Crippen molar-refractivity contribution in [3.05, 3.63) is 29.8 Å². The first-order valence-electron chi connectivity index (χ1n) is 8.10. The number of unbranched alkanes of at least 4 members (excludes halogenated alkanes) is 1. The predicted octanol–water partition coefficient (Wildman–Crippen LogP) is 3.76. The fraction of sp³-hybridized carbons (Fsp3) is 0.706. The maximum Gasteiger partial charge on any atom is 0.141 e. The minimum Gasteiger partial charge on any atom is -0.322 e. The summed E-state index contributed by atoms with van der Waals surface area (Å²) in [4.78, 5) is 6.63. The van der Waals surface area contributed by atoms with E-state index in [9.17, 15) is 4.39 Å². The summed E-state index contributed by atoms with van der Waals surface area (Å²) in [5, 5.41) is 0. The van der Waals surface area contributed by atoms with Gasteiger partial charge in [-0.15, -0.1) is 0 Å². The van der Waals surface area contributed by atoms with Gasteiger partial charge in [-0.25, -0.2) is 4.39 Å². The van der Waals surface area contributed by atoms with Gasteiger partial charge in [-0.3, -0.25) is 4.98 Å². The summed E-state index contributed by atoms with van der Waals surface area (Å²) in [5.74, 6) is -0.0309. The summed E-state index contributed by atoms with van der Waals surface area (Å²) in [6.45, 7) is 10.9. The predicted molar refractivity (Wildman–Crippen MR) is 86.5 cm³/mol. The van der Waals surface area contributed by atoms with Crippen molar-refractivity contribution in [1.82, 2.24) is 9.88 Å². The van der Waals surface area contributed by atoms with Crippen LogP contribution < -0.4 is 5.73 Å². The number of nitrogens with two attached hydrogens (primary N) is 1. The van der Waals surface area contributed by atoms with Crippen molar-refractivity contribution in [2.45, 2.75) is 59.0 Å². The van der Waals surface area contributed by atoms with Gasteiger partial charge < -0.3 is 10.6 Å². The first kappa shape index (κ1) is 18.1. The van der Waals surface area contributed by atoms with E-state index < -0.39 is 0 Å². The smallest absolute Gasteiger partial charge is 0.141 e. The van der Waals surface area contributed by atoms with Gasteiger partial charge in [-0.1, -0.05) is 27.2 Å². The van der Waals surface area contributed by atoms with Crippen molar-refractivity contribution < 1.29 is 4.39 Å². The molecule has 0 fully saturated rings.